The fourth-order valence-corrected chi connectivity index (χ4v) is 2.75. The molecule has 88 valence electrons. The van der Waals surface area contributed by atoms with E-state index in [1.54, 1.807) is 0 Å². The number of hydrogen-bond acceptors (Lipinski definition) is 3. The van der Waals surface area contributed by atoms with Crippen molar-refractivity contribution in [3.63, 3.8) is 0 Å². The van der Waals surface area contributed by atoms with Crippen molar-refractivity contribution in [1.29, 1.82) is 0 Å². The van der Waals surface area contributed by atoms with Crippen LogP contribution in [0.1, 0.15) is 26.7 Å². The molecule has 2 atom stereocenters. The monoisotopic (exact) mass is 212 g/mol. The molecule has 0 aromatic carbocycles. The first kappa shape index (κ1) is 11.4. The minimum atomic E-state index is 0.290. The maximum atomic E-state index is 5.65. The first-order chi connectivity index (χ1) is 7.21. The second-order valence-corrected chi connectivity index (χ2v) is 5.41. The van der Waals surface area contributed by atoms with Gasteiger partial charge in [0.2, 0.25) is 0 Å². The van der Waals surface area contributed by atoms with Gasteiger partial charge in [0.1, 0.15) is 0 Å². The van der Waals surface area contributed by atoms with E-state index in [1.807, 2.05) is 0 Å². The maximum Gasteiger partial charge on any atom is 0.0647 e. The van der Waals surface area contributed by atoms with Gasteiger partial charge in [-0.15, -0.1) is 0 Å². The third-order valence-electron chi connectivity index (χ3n) is 3.76. The van der Waals surface area contributed by atoms with E-state index < -0.39 is 0 Å². The average molecular weight is 212 g/mol. The van der Waals surface area contributed by atoms with Crippen molar-refractivity contribution in [1.82, 2.24) is 10.2 Å². The molecule has 15 heavy (non-hydrogen) atoms. The van der Waals surface area contributed by atoms with Gasteiger partial charge in [0.15, 0.2) is 0 Å². The zero-order chi connectivity index (χ0) is 10.7. The molecule has 0 aliphatic carbocycles. The van der Waals surface area contributed by atoms with Gasteiger partial charge >= 0.3 is 0 Å². The van der Waals surface area contributed by atoms with Crippen molar-refractivity contribution >= 4 is 0 Å². The molecule has 1 N–H and O–H groups in total. The van der Waals surface area contributed by atoms with Crippen LogP contribution in [0, 0.1) is 5.92 Å². The van der Waals surface area contributed by atoms with E-state index in [2.05, 4.69) is 24.1 Å². The molecule has 2 unspecified atom stereocenters. The summed E-state index contributed by atoms with van der Waals surface area (Å²) in [6, 6.07) is 0. The van der Waals surface area contributed by atoms with E-state index in [9.17, 15) is 0 Å². The third kappa shape index (κ3) is 2.71. The zero-order valence-corrected chi connectivity index (χ0v) is 10.1. The summed E-state index contributed by atoms with van der Waals surface area (Å²) in [6.07, 6.45) is 2.51. The molecule has 2 saturated heterocycles. The SMILES string of the molecule is CC1CNCCN(C2(C)CCCOC2)C1. The van der Waals surface area contributed by atoms with Gasteiger partial charge in [0.25, 0.3) is 0 Å². The zero-order valence-electron chi connectivity index (χ0n) is 10.1. The molecule has 0 aromatic heterocycles. The highest BCUT2D eigenvalue weighted by Crippen LogP contribution is 2.26. The summed E-state index contributed by atoms with van der Waals surface area (Å²) < 4.78 is 5.65. The van der Waals surface area contributed by atoms with E-state index >= 15 is 0 Å². The molecule has 0 aromatic rings. The van der Waals surface area contributed by atoms with Gasteiger partial charge < -0.3 is 10.1 Å². The van der Waals surface area contributed by atoms with Crippen LogP contribution in [-0.4, -0.2) is 49.8 Å². The lowest BCUT2D eigenvalue weighted by atomic mass is 9.91. The lowest BCUT2D eigenvalue weighted by molar-refractivity contribution is -0.0407. The summed E-state index contributed by atoms with van der Waals surface area (Å²) >= 11 is 0. The van der Waals surface area contributed by atoms with Crippen LogP contribution in [0.4, 0.5) is 0 Å². The second kappa shape index (κ2) is 4.81. The first-order valence-electron chi connectivity index (χ1n) is 6.24. The fourth-order valence-electron chi connectivity index (χ4n) is 2.75. The fraction of sp³-hybridized carbons (Fsp3) is 1.00. The van der Waals surface area contributed by atoms with Crippen LogP contribution >= 0.6 is 0 Å². The van der Waals surface area contributed by atoms with Gasteiger partial charge in [-0.05, 0) is 32.2 Å². The van der Waals surface area contributed by atoms with Gasteiger partial charge in [-0.2, -0.15) is 0 Å². The van der Waals surface area contributed by atoms with Crippen LogP contribution in [0.5, 0.6) is 0 Å². The second-order valence-electron chi connectivity index (χ2n) is 5.41. The Bertz CT molecular complexity index is 202. The van der Waals surface area contributed by atoms with Gasteiger partial charge in [0.05, 0.1) is 6.61 Å². The molecule has 3 heteroatoms. The van der Waals surface area contributed by atoms with Crippen LogP contribution in [0.2, 0.25) is 0 Å². The highest BCUT2D eigenvalue weighted by molar-refractivity contribution is 4.90. The van der Waals surface area contributed by atoms with Crippen molar-refractivity contribution in [2.75, 3.05) is 39.4 Å². The molecule has 2 rings (SSSR count). The summed E-state index contributed by atoms with van der Waals surface area (Å²) in [5.74, 6) is 0.756. The summed E-state index contributed by atoms with van der Waals surface area (Å²) in [7, 11) is 0. The number of nitrogens with zero attached hydrogens (tertiary/aromatic N) is 1. The van der Waals surface area contributed by atoms with Crippen molar-refractivity contribution in [3.8, 4) is 0 Å². The highest BCUT2D eigenvalue weighted by Gasteiger charge is 2.35. The van der Waals surface area contributed by atoms with E-state index in [-0.39, 0.29) is 0 Å². The smallest absolute Gasteiger partial charge is 0.0647 e. The molecule has 0 bridgehead atoms. The molecule has 2 heterocycles. The molecular formula is C12H24N2O. The van der Waals surface area contributed by atoms with Crippen molar-refractivity contribution in [2.45, 2.75) is 32.2 Å². The van der Waals surface area contributed by atoms with Gasteiger partial charge in [0, 0.05) is 31.8 Å². The summed E-state index contributed by atoms with van der Waals surface area (Å²) in [6.45, 7) is 11.2. The quantitative estimate of drug-likeness (QED) is 0.704. The van der Waals surface area contributed by atoms with Crippen LogP contribution in [-0.2, 0) is 4.74 Å². The molecule has 0 saturated carbocycles. The normalized spacial score (nSPS) is 40.0. The molecule has 0 radical (unpaired) electrons. The third-order valence-corrected chi connectivity index (χ3v) is 3.76. The molecule has 2 aliphatic rings. The lowest BCUT2D eigenvalue weighted by Crippen LogP contribution is -2.53. The van der Waals surface area contributed by atoms with Crippen LogP contribution in [0.15, 0.2) is 0 Å². The molecular weight excluding hydrogens is 188 g/mol. The molecule has 0 spiro atoms. The Kier molecular flexibility index (Phi) is 3.65. The number of hydrogen-bond donors (Lipinski definition) is 1. The van der Waals surface area contributed by atoms with Crippen LogP contribution in [0.25, 0.3) is 0 Å². The first-order valence-corrected chi connectivity index (χ1v) is 6.24. The van der Waals surface area contributed by atoms with Crippen LogP contribution < -0.4 is 5.32 Å². The predicted octanol–water partition coefficient (Wildman–Crippen LogP) is 1.10. The Balaban J connectivity index is 1.99. The number of ether oxygens (including phenoxy) is 1. The summed E-state index contributed by atoms with van der Waals surface area (Å²) in [4.78, 5) is 2.64. The van der Waals surface area contributed by atoms with E-state index in [4.69, 9.17) is 4.74 Å². The van der Waals surface area contributed by atoms with Gasteiger partial charge in [-0.25, -0.2) is 0 Å². The van der Waals surface area contributed by atoms with E-state index in [0.29, 0.717) is 5.54 Å². The Hall–Kier alpha value is -0.120. The lowest BCUT2D eigenvalue weighted by Gasteiger charge is -2.43. The Morgan fingerprint density at radius 2 is 2.33 bits per heavy atom. The number of rotatable bonds is 1. The Morgan fingerprint density at radius 1 is 1.47 bits per heavy atom. The van der Waals surface area contributed by atoms with Crippen LogP contribution in [0.3, 0.4) is 0 Å². The molecule has 3 nitrogen and oxygen atoms in total. The average Bonchev–Trinajstić information content (AvgIpc) is 2.44. The molecule has 0 amide bonds. The minimum absolute atomic E-state index is 0.290. The van der Waals surface area contributed by atoms with Gasteiger partial charge in [-0.1, -0.05) is 6.92 Å². The molecule has 2 fully saturated rings. The number of nitrogens with one attached hydrogen (secondary N) is 1. The van der Waals surface area contributed by atoms with E-state index in [0.717, 1.165) is 32.2 Å². The highest BCUT2D eigenvalue weighted by atomic mass is 16.5. The minimum Gasteiger partial charge on any atom is -0.380 e. The summed E-state index contributed by atoms with van der Waals surface area (Å²) in [5.41, 5.74) is 0.290. The maximum absolute atomic E-state index is 5.65. The Morgan fingerprint density at radius 3 is 3.07 bits per heavy atom. The van der Waals surface area contributed by atoms with Gasteiger partial charge in [-0.3, -0.25) is 4.90 Å². The van der Waals surface area contributed by atoms with Crippen molar-refractivity contribution in [2.24, 2.45) is 5.92 Å². The van der Waals surface area contributed by atoms with Crippen molar-refractivity contribution < 1.29 is 4.74 Å². The standard InChI is InChI=1S/C12H24N2O/c1-11-8-13-5-6-14(9-11)12(2)4-3-7-15-10-12/h11,13H,3-10H2,1-2H3. The largest absolute Gasteiger partial charge is 0.380 e. The predicted molar refractivity (Wildman–Crippen MR) is 62.1 cm³/mol. The summed E-state index contributed by atoms with van der Waals surface area (Å²) in [5, 5.41) is 3.50. The Labute approximate surface area is 93.2 Å². The van der Waals surface area contributed by atoms with E-state index in [1.165, 1.54) is 25.9 Å². The molecule has 2 aliphatic heterocycles. The van der Waals surface area contributed by atoms with Crippen molar-refractivity contribution in [3.05, 3.63) is 0 Å². The topological polar surface area (TPSA) is 24.5 Å².